The number of ether oxygens (including phenoxy) is 2. The largest absolute Gasteiger partial charge is 0.459 e. The second kappa shape index (κ2) is 3.13. The van der Waals surface area contributed by atoms with Crippen LogP contribution in [-0.2, 0) is 9.47 Å². The molecular weight excluding hydrogens is 142 g/mol. The summed E-state index contributed by atoms with van der Waals surface area (Å²) in [4.78, 5) is 0. The van der Waals surface area contributed by atoms with Crippen LogP contribution in [0.4, 0.5) is 0 Å². The summed E-state index contributed by atoms with van der Waals surface area (Å²) in [6.45, 7) is 2.18. The van der Waals surface area contributed by atoms with Crippen molar-refractivity contribution < 1.29 is 9.47 Å². The van der Waals surface area contributed by atoms with Crippen molar-refractivity contribution in [3.63, 3.8) is 0 Å². The van der Waals surface area contributed by atoms with Gasteiger partial charge in [-0.05, 0) is 25.9 Å². The van der Waals surface area contributed by atoms with E-state index in [4.69, 9.17) is 9.47 Å². The minimum absolute atomic E-state index is 0.00269. The predicted molar refractivity (Wildman–Crippen MR) is 40.7 cm³/mol. The Morgan fingerprint density at radius 2 is 1.73 bits per heavy atom. The molecule has 0 atom stereocenters. The quantitative estimate of drug-likeness (QED) is 0.608. The zero-order valence-electron chi connectivity index (χ0n) is 6.45. The number of hydrogen-bond donors (Lipinski definition) is 1. The van der Waals surface area contributed by atoms with Crippen molar-refractivity contribution in [2.24, 2.45) is 5.92 Å². The fraction of sp³-hybridized carbons (Fsp3) is 0.750. The zero-order chi connectivity index (χ0) is 7.52. The Bertz CT molecular complexity index is 144. The number of nitrogens with one attached hydrogen (secondary N) is 1. The van der Waals surface area contributed by atoms with E-state index >= 15 is 0 Å². The van der Waals surface area contributed by atoms with Gasteiger partial charge < -0.3 is 14.8 Å². The smallest absolute Gasteiger partial charge is 0.242 e. The van der Waals surface area contributed by atoms with E-state index in [1.54, 1.807) is 12.5 Å². The van der Waals surface area contributed by atoms with Crippen LogP contribution < -0.4 is 5.32 Å². The van der Waals surface area contributed by atoms with Crippen LogP contribution in [0.25, 0.3) is 0 Å². The molecule has 0 unspecified atom stereocenters. The molecule has 3 nitrogen and oxygen atoms in total. The van der Waals surface area contributed by atoms with Crippen LogP contribution in [-0.4, -0.2) is 19.4 Å². The highest BCUT2D eigenvalue weighted by atomic mass is 16.7. The Hall–Kier alpha value is -0.700. The van der Waals surface area contributed by atoms with Gasteiger partial charge in [0.2, 0.25) is 6.29 Å². The summed E-state index contributed by atoms with van der Waals surface area (Å²) in [5.74, 6) is 0.575. The van der Waals surface area contributed by atoms with Crippen LogP contribution in [0.5, 0.6) is 0 Å². The molecule has 0 aromatic heterocycles. The summed E-state index contributed by atoms with van der Waals surface area (Å²) >= 11 is 0. The molecule has 0 spiro atoms. The molecule has 11 heavy (non-hydrogen) atoms. The molecule has 1 N–H and O–H groups in total. The van der Waals surface area contributed by atoms with E-state index < -0.39 is 0 Å². The van der Waals surface area contributed by atoms with Crippen molar-refractivity contribution in [1.82, 2.24) is 5.32 Å². The first-order valence-electron chi connectivity index (χ1n) is 4.13. The molecule has 0 bridgehead atoms. The molecule has 2 aliphatic heterocycles. The van der Waals surface area contributed by atoms with Crippen molar-refractivity contribution in [2.75, 3.05) is 13.1 Å². The third-order valence-electron chi connectivity index (χ3n) is 2.25. The van der Waals surface area contributed by atoms with E-state index in [1.807, 2.05) is 0 Å². The van der Waals surface area contributed by atoms with E-state index in [2.05, 4.69) is 5.32 Å². The van der Waals surface area contributed by atoms with Gasteiger partial charge in [0.1, 0.15) is 12.5 Å². The van der Waals surface area contributed by atoms with Gasteiger partial charge in [0.25, 0.3) is 0 Å². The molecule has 0 radical (unpaired) electrons. The molecule has 62 valence electrons. The minimum Gasteiger partial charge on any atom is -0.459 e. The Labute approximate surface area is 66.4 Å². The standard InChI is InChI=1S/C8H13NO2/c1-3-9-4-2-7(1)8-10-5-6-11-8/h5-9H,1-4H2. The minimum atomic E-state index is -0.00269. The normalized spacial score (nSPS) is 26.5. The molecule has 2 heterocycles. The van der Waals surface area contributed by atoms with Gasteiger partial charge in [0.15, 0.2) is 0 Å². The topological polar surface area (TPSA) is 30.5 Å². The summed E-state index contributed by atoms with van der Waals surface area (Å²) in [5, 5.41) is 3.31. The SMILES string of the molecule is C1=COC(C2CCNCC2)O1. The molecule has 0 aromatic carbocycles. The van der Waals surface area contributed by atoms with Crippen LogP contribution >= 0.6 is 0 Å². The fourth-order valence-corrected chi connectivity index (χ4v) is 1.59. The molecule has 0 saturated carbocycles. The second-order valence-corrected chi connectivity index (χ2v) is 3.00. The van der Waals surface area contributed by atoms with Crippen LogP contribution in [0.3, 0.4) is 0 Å². The maximum Gasteiger partial charge on any atom is 0.242 e. The number of piperidine rings is 1. The monoisotopic (exact) mass is 155 g/mol. The molecule has 2 aliphatic rings. The third kappa shape index (κ3) is 1.48. The lowest BCUT2D eigenvalue weighted by Gasteiger charge is -2.26. The van der Waals surface area contributed by atoms with Crippen molar-refractivity contribution in [3.8, 4) is 0 Å². The van der Waals surface area contributed by atoms with E-state index in [0.29, 0.717) is 5.92 Å². The highest BCUT2D eigenvalue weighted by Crippen LogP contribution is 2.22. The molecule has 0 aliphatic carbocycles. The van der Waals surface area contributed by atoms with Crippen LogP contribution in [0.15, 0.2) is 12.5 Å². The molecular formula is C8H13NO2. The molecule has 1 fully saturated rings. The van der Waals surface area contributed by atoms with E-state index in [-0.39, 0.29) is 6.29 Å². The third-order valence-corrected chi connectivity index (χ3v) is 2.25. The highest BCUT2D eigenvalue weighted by molar-refractivity contribution is 4.79. The highest BCUT2D eigenvalue weighted by Gasteiger charge is 2.26. The van der Waals surface area contributed by atoms with Crippen molar-refractivity contribution >= 4 is 0 Å². The fourth-order valence-electron chi connectivity index (χ4n) is 1.59. The summed E-state index contributed by atoms with van der Waals surface area (Å²) in [5.41, 5.74) is 0. The van der Waals surface area contributed by atoms with E-state index in [1.165, 1.54) is 0 Å². The summed E-state index contributed by atoms with van der Waals surface area (Å²) in [6, 6.07) is 0. The molecule has 1 saturated heterocycles. The van der Waals surface area contributed by atoms with Gasteiger partial charge in [0.05, 0.1) is 0 Å². The van der Waals surface area contributed by atoms with Crippen molar-refractivity contribution in [1.29, 1.82) is 0 Å². The predicted octanol–water partition coefficient (Wildman–Crippen LogP) is 0.830. The van der Waals surface area contributed by atoms with Crippen molar-refractivity contribution in [3.05, 3.63) is 12.5 Å². The lowest BCUT2D eigenvalue weighted by molar-refractivity contribution is -0.0743. The van der Waals surface area contributed by atoms with E-state index in [9.17, 15) is 0 Å². The number of hydrogen-bond acceptors (Lipinski definition) is 3. The average Bonchev–Trinajstić information content (AvgIpc) is 2.58. The van der Waals surface area contributed by atoms with Crippen LogP contribution in [0.1, 0.15) is 12.8 Å². The Balaban J connectivity index is 1.83. The van der Waals surface area contributed by atoms with Crippen molar-refractivity contribution in [2.45, 2.75) is 19.1 Å². The summed E-state index contributed by atoms with van der Waals surface area (Å²) < 4.78 is 10.5. The maximum absolute atomic E-state index is 5.26. The number of rotatable bonds is 1. The first-order valence-corrected chi connectivity index (χ1v) is 4.13. The van der Waals surface area contributed by atoms with Gasteiger partial charge >= 0.3 is 0 Å². The molecule has 0 aromatic rings. The van der Waals surface area contributed by atoms with Gasteiger partial charge in [0, 0.05) is 5.92 Å². The van der Waals surface area contributed by atoms with Crippen LogP contribution in [0.2, 0.25) is 0 Å². The Morgan fingerprint density at radius 1 is 1.09 bits per heavy atom. The molecule has 0 amide bonds. The first-order chi connectivity index (χ1) is 5.47. The summed E-state index contributed by atoms with van der Waals surface area (Å²) in [7, 11) is 0. The maximum atomic E-state index is 5.26. The lowest BCUT2D eigenvalue weighted by atomic mass is 9.98. The average molecular weight is 155 g/mol. The second-order valence-electron chi connectivity index (χ2n) is 3.00. The Kier molecular flexibility index (Phi) is 1.99. The van der Waals surface area contributed by atoms with Gasteiger partial charge in [-0.1, -0.05) is 0 Å². The lowest BCUT2D eigenvalue weighted by Crippen LogP contribution is -2.34. The van der Waals surface area contributed by atoms with Gasteiger partial charge in [-0.15, -0.1) is 0 Å². The van der Waals surface area contributed by atoms with E-state index in [0.717, 1.165) is 25.9 Å². The van der Waals surface area contributed by atoms with Gasteiger partial charge in [-0.3, -0.25) is 0 Å². The Morgan fingerprint density at radius 3 is 2.36 bits per heavy atom. The zero-order valence-corrected chi connectivity index (χ0v) is 6.45. The molecule has 2 rings (SSSR count). The van der Waals surface area contributed by atoms with Crippen LogP contribution in [0, 0.1) is 5.92 Å². The first kappa shape index (κ1) is 6.98. The molecule has 3 heteroatoms. The van der Waals surface area contributed by atoms with Gasteiger partial charge in [-0.2, -0.15) is 0 Å². The van der Waals surface area contributed by atoms with Gasteiger partial charge in [-0.25, -0.2) is 0 Å². The summed E-state index contributed by atoms with van der Waals surface area (Å²) in [6.07, 6.45) is 5.58.